The van der Waals surface area contributed by atoms with Gasteiger partial charge in [0.05, 0.1) is 0 Å². The molecule has 1 aliphatic heterocycles. The smallest absolute Gasteiger partial charge is 0.240 e. The molecule has 0 spiro atoms. The summed E-state index contributed by atoms with van der Waals surface area (Å²) in [5, 5.41) is 4.17. The monoisotopic (exact) mass is 141 g/mol. The van der Waals surface area contributed by atoms with E-state index >= 15 is 0 Å². The molecule has 0 bridgehead atoms. The molecular formula is C7H13N2O. The van der Waals surface area contributed by atoms with Crippen LogP contribution < -0.4 is 5.32 Å². The first-order valence-corrected chi connectivity index (χ1v) is 3.59. The number of hydrogen-bond donors (Lipinski definition) is 0. The summed E-state index contributed by atoms with van der Waals surface area (Å²) in [7, 11) is 3.55. The summed E-state index contributed by atoms with van der Waals surface area (Å²) in [5.74, 6) is 0.150. The molecule has 10 heavy (non-hydrogen) atoms. The number of amides is 1. The summed E-state index contributed by atoms with van der Waals surface area (Å²) < 4.78 is 0. The van der Waals surface area contributed by atoms with Gasteiger partial charge in [0.2, 0.25) is 5.91 Å². The Balaban J connectivity index is 2.40. The van der Waals surface area contributed by atoms with Gasteiger partial charge in [0.25, 0.3) is 0 Å². The fourth-order valence-electron chi connectivity index (χ4n) is 1.12. The van der Waals surface area contributed by atoms with Gasteiger partial charge in [-0.1, -0.05) is 0 Å². The van der Waals surface area contributed by atoms with Crippen molar-refractivity contribution in [3.8, 4) is 0 Å². The van der Waals surface area contributed by atoms with Crippen LogP contribution in [-0.2, 0) is 4.79 Å². The maximum atomic E-state index is 11.2. The van der Waals surface area contributed by atoms with Crippen LogP contribution in [0, 0.1) is 0 Å². The number of nitrogens with zero attached hydrogens (tertiary/aromatic N) is 2. The molecule has 1 fully saturated rings. The van der Waals surface area contributed by atoms with Crippen LogP contribution in [-0.4, -0.2) is 37.5 Å². The number of carbonyl (C=O) groups excluding carboxylic acids is 1. The molecule has 0 aromatic rings. The molecular weight excluding hydrogens is 128 g/mol. The molecule has 1 rings (SSSR count). The molecule has 0 aromatic carbocycles. The molecule has 1 saturated heterocycles. The zero-order valence-electron chi connectivity index (χ0n) is 6.50. The molecule has 3 heteroatoms. The van der Waals surface area contributed by atoms with Gasteiger partial charge in [0.1, 0.15) is 6.04 Å². The summed E-state index contributed by atoms with van der Waals surface area (Å²) >= 11 is 0. The van der Waals surface area contributed by atoms with Crippen LogP contribution in [0.25, 0.3) is 0 Å². The van der Waals surface area contributed by atoms with Crippen molar-refractivity contribution in [2.75, 3.05) is 20.6 Å². The summed E-state index contributed by atoms with van der Waals surface area (Å²) in [6.07, 6.45) is 2.02. The maximum Gasteiger partial charge on any atom is 0.240 e. The topological polar surface area (TPSA) is 34.4 Å². The third-order valence-electron chi connectivity index (χ3n) is 1.71. The van der Waals surface area contributed by atoms with Crippen molar-refractivity contribution in [1.29, 1.82) is 0 Å². The first-order chi connectivity index (χ1) is 4.72. The Kier molecular flexibility index (Phi) is 2.27. The Bertz CT molecular complexity index is 128. The molecule has 1 aliphatic rings. The fourth-order valence-corrected chi connectivity index (χ4v) is 1.12. The van der Waals surface area contributed by atoms with Gasteiger partial charge in [0, 0.05) is 20.6 Å². The van der Waals surface area contributed by atoms with Gasteiger partial charge in [-0.2, -0.15) is 0 Å². The minimum Gasteiger partial charge on any atom is -0.347 e. The first kappa shape index (κ1) is 7.54. The van der Waals surface area contributed by atoms with Crippen LogP contribution in [0.15, 0.2) is 0 Å². The van der Waals surface area contributed by atoms with Crippen LogP contribution >= 0.6 is 0 Å². The lowest BCUT2D eigenvalue weighted by Gasteiger charge is -2.14. The summed E-state index contributed by atoms with van der Waals surface area (Å²) in [6.45, 7) is 0.865. The van der Waals surface area contributed by atoms with E-state index in [9.17, 15) is 4.79 Å². The van der Waals surface area contributed by atoms with E-state index < -0.39 is 0 Å². The molecule has 1 atom stereocenters. The number of hydrogen-bond acceptors (Lipinski definition) is 1. The van der Waals surface area contributed by atoms with Crippen LogP contribution in [0.2, 0.25) is 0 Å². The highest BCUT2D eigenvalue weighted by Gasteiger charge is 2.24. The molecule has 1 radical (unpaired) electrons. The molecule has 0 saturated carbocycles. The first-order valence-electron chi connectivity index (χ1n) is 3.59. The van der Waals surface area contributed by atoms with Crippen molar-refractivity contribution in [2.45, 2.75) is 18.9 Å². The summed E-state index contributed by atoms with van der Waals surface area (Å²) in [4.78, 5) is 12.8. The molecule has 1 heterocycles. The highest BCUT2D eigenvalue weighted by molar-refractivity contribution is 5.81. The second-order valence-corrected chi connectivity index (χ2v) is 2.80. The Labute approximate surface area is 61.4 Å². The second-order valence-electron chi connectivity index (χ2n) is 2.80. The zero-order valence-corrected chi connectivity index (χ0v) is 6.50. The Morgan fingerprint density at radius 2 is 2.30 bits per heavy atom. The van der Waals surface area contributed by atoms with Crippen LogP contribution in [0.1, 0.15) is 12.8 Å². The molecule has 57 valence electrons. The molecule has 1 amide bonds. The minimum absolute atomic E-state index is 0.0324. The van der Waals surface area contributed by atoms with Crippen molar-refractivity contribution in [2.24, 2.45) is 0 Å². The lowest BCUT2D eigenvalue weighted by molar-refractivity contribution is -0.130. The van der Waals surface area contributed by atoms with E-state index in [1.165, 1.54) is 0 Å². The second kappa shape index (κ2) is 3.01. The molecule has 0 unspecified atom stereocenters. The quantitative estimate of drug-likeness (QED) is 0.499. The van der Waals surface area contributed by atoms with Gasteiger partial charge in [-0.25, -0.2) is 5.32 Å². The molecule has 0 aliphatic carbocycles. The van der Waals surface area contributed by atoms with Crippen LogP contribution in [0.3, 0.4) is 0 Å². The van der Waals surface area contributed by atoms with Crippen molar-refractivity contribution in [3.05, 3.63) is 0 Å². The van der Waals surface area contributed by atoms with E-state index in [0.717, 1.165) is 19.4 Å². The van der Waals surface area contributed by atoms with Crippen molar-refractivity contribution in [1.82, 2.24) is 10.2 Å². The minimum atomic E-state index is -0.0324. The Morgan fingerprint density at radius 1 is 1.60 bits per heavy atom. The van der Waals surface area contributed by atoms with E-state index in [-0.39, 0.29) is 11.9 Å². The predicted octanol–water partition coefficient (Wildman–Crippen LogP) is -0.159. The van der Waals surface area contributed by atoms with E-state index in [2.05, 4.69) is 5.32 Å². The largest absolute Gasteiger partial charge is 0.347 e. The average Bonchev–Trinajstić information content (AvgIpc) is 2.36. The molecule has 3 nitrogen and oxygen atoms in total. The lowest BCUT2D eigenvalue weighted by Crippen LogP contribution is -2.36. The predicted molar refractivity (Wildman–Crippen MR) is 38.7 cm³/mol. The van der Waals surface area contributed by atoms with E-state index in [4.69, 9.17) is 0 Å². The summed E-state index contributed by atoms with van der Waals surface area (Å²) in [6, 6.07) is -0.0324. The zero-order chi connectivity index (χ0) is 7.56. The van der Waals surface area contributed by atoms with E-state index in [1.54, 1.807) is 19.0 Å². The van der Waals surface area contributed by atoms with Gasteiger partial charge in [-0.3, -0.25) is 4.79 Å². The van der Waals surface area contributed by atoms with E-state index in [0.29, 0.717) is 0 Å². The normalized spacial score (nSPS) is 24.8. The SMILES string of the molecule is CN(C)C(=O)[C@@H]1CCC[N]1. The molecule has 0 aromatic heterocycles. The maximum absolute atomic E-state index is 11.2. The van der Waals surface area contributed by atoms with Gasteiger partial charge in [-0.15, -0.1) is 0 Å². The third-order valence-corrected chi connectivity index (χ3v) is 1.71. The number of likely N-dealkylation sites (N-methyl/N-ethyl adjacent to an activating group) is 1. The van der Waals surface area contributed by atoms with Gasteiger partial charge >= 0.3 is 0 Å². The van der Waals surface area contributed by atoms with Crippen LogP contribution in [0.5, 0.6) is 0 Å². The standard InChI is InChI=1S/C7H13N2O/c1-9(2)7(10)6-4-3-5-8-6/h6H,3-5H2,1-2H3/t6-/m0/s1. The third kappa shape index (κ3) is 1.48. The van der Waals surface area contributed by atoms with Crippen molar-refractivity contribution in [3.63, 3.8) is 0 Å². The average molecular weight is 141 g/mol. The van der Waals surface area contributed by atoms with Crippen molar-refractivity contribution < 1.29 is 4.79 Å². The van der Waals surface area contributed by atoms with Gasteiger partial charge in [-0.05, 0) is 12.8 Å². The van der Waals surface area contributed by atoms with Crippen molar-refractivity contribution >= 4 is 5.91 Å². The fraction of sp³-hybridized carbons (Fsp3) is 0.857. The summed E-state index contributed by atoms with van der Waals surface area (Å²) in [5.41, 5.74) is 0. The highest BCUT2D eigenvalue weighted by atomic mass is 16.2. The number of rotatable bonds is 1. The Morgan fingerprint density at radius 3 is 2.70 bits per heavy atom. The lowest BCUT2D eigenvalue weighted by atomic mass is 10.2. The number of carbonyl (C=O) groups is 1. The van der Waals surface area contributed by atoms with E-state index in [1.807, 2.05) is 0 Å². The van der Waals surface area contributed by atoms with Gasteiger partial charge < -0.3 is 4.90 Å². The van der Waals surface area contributed by atoms with Crippen LogP contribution in [0.4, 0.5) is 0 Å². The highest BCUT2D eigenvalue weighted by Crippen LogP contribution is 2.08. The Hall–Kier alpha value is -0.570. The van der Waals surface area contributed by atoms with Gasteiger partial charge in [0.15, 0.2) is 0 Å². The molecule has 0 N–H and O–H groups in total.